The van der Waals surface area contributed by atoms with Crippen molar-refractivity contribution in [2.45, 2.75) is 20.8 Å². The lowest BCUT2D eigenvalue weighted by atomic mass is 10.1. The van der Waals surface area contributed by atoms with E-state index in [1.165, 1.54) is 0 Å². The highest BCUT2D eigenvalue weighted by atomic mass is 79.9. The first-order chi connectivity index (χ1) is 9.81. The van der Waals surface area contributed by atoms with Gasteiger partial charge in [-0.15, -0.1) is 0 Å². The smallest absolute Gasteiger partial charge is 0.352 e. The van der Waals surface area contributed by atoms with Crippen LogP contribution < -0.4 is 5.32 Å². The van der Waals surface area contributed by atoms with E-state index in [0.29, 0.717) is 22.5 Å². The minimum absolute atomic E-state index is 0.0465. The first-order valence-corrected chi connectivity index (χ1v) is 7.10. The Morgan fingerprint density at radius 2 is 1.90 bits per heavy atom. The number of carbonyl (C=O) groups excluding carboxylic acids is 1. The summed E-state index contributed by atoms with van der Waals surface area (Å²) in [4.78, 5) is 26.2. The number of hydrogen-bond acceptors (Lipinski definition) is 2. The van der Waals surface area contributed by atoms with E-state index in [-0.39, 0.29) is 11.6 Å². The number of aromatic carboxylic acids is 1. The molecule has 0 atom stereocenters. The van der Waals surface area contributed by atoms with Gasteiger partial charge in [-0.2, -0.15) is 0 Å². The second-order valence-electron chi connectivity index (χ2n) is 4.84. The summed E-state index contributed by atoms with van der Waals surface area (Å²) in [5, 5.41) is 11.9. The van der Waals surface area contributed by atoms with E-state index in [1.54, 1.807) is 19.9 Å². The van der Waals surface area contributed by atoms with Crippen molar-refractivity contribution < 1.29 is 14.7 Å². The van der Waals surface area contributed by atoms with E-state index in [9.17, 15) is 9.59 Å². The maximum atomic E-state index is 12.4. The topological polar surface area (TPSA) is 82.2 Å². The molecule has 2 aromatic rings. The van der Waals surface area contributed by atoms with Gasteiger partial charge >= 0.3 is 5.97 Å². The Kier molecular flexibility index (Phi) is 4.18. The molecule has 2 rings (SSSR count). The Hall–Kier alpha value is -2.08. The van der Waals surface area contributed by atoms with Gasteiger partial charge in [0, 0.05) is 15.9 Å². The Labute approximate surface area is 130 Å². The van der Waals surface area contributed by atoms with Crippen LogP contribution in [0.2, 0.25) is 0 Å². The van der Waals surface area contributed by atoms with Gasteiger partial charge in [-0.1, -0.05) is 15.9 Å². The lowest BCUT2D eigenvalue weighted by molar-refractivity contribution is 0.0690. The number of halogens is 1. The van der Waals surface area contributed by atoms with Crippen molar-refractivity contribution in [2.75, 3.05) is 5.32 Å². The van der Waals surface area contributed by atoms with Crippen LogP contribution in [0.4, 0.5) is 5.69 Å². The molecule has 0 saturated heterocycles. The molecule has 0 fully saturated rings. The van der Waals surface area contributed by atoms with E-state index in [2.05, 4.69) is 26.2 Å². The Bertz CT molecular complexity index is 735. The summed E-state index contributed by atoms with van der Waals surface area (Å²) in [6.07, 6.45) is 0. The highest BCUT2D eigenvalue weighted by Crippen LogP contribution is 2.23. The number of carbonyl (C=O) groups is 2. The van der Waals surface area contributed by atoms with E-state index in [4.69, 9.17) is 5.11 Å². The predicted molar refractivity (Wildman–Crippen MR) is 84.1 cm³/mol. The van der Waals surface area contributed by atoms with Gasteiger partial charge in [-0.25, -0.2) is 4.79 Å². The molecule has 0 aliphatic carbocycles. The minimum atomic E-state index is -1.07. The second kappa shape index (κ2) is 5.73. The van der Waals surface area contributed by atoms with Gasteiger partial charge in [-0.3, -0.25) is 4.79 Å². The average molecular weight is 351 g/mol. The molecular weight excluding hydrogens is 336 g/mol. The fourth-order valence-corrected chi connectivity index (χ4v) is 2.73. The van der Waals surface area contributed by atoms with Crippen molar-refractivity contribution in [3.05, 3.63) is 50.8 Å². The third-order valence-corrected chi connectivity index (χ3v) is 3.81. The molecule has 0 saturated carbocycles. The molecule has 1 aromatic carbocycles. The summed E-state index contributed by atoms with van der Waals surface area (Å²) in [6.45, 7) is 5.19. The van der Waals surface area contributed by atoms with Crippen LogP contribution >= 0.6 is 15.9 Å². The fourth-order valence-electron chi connectivity index (χ4n) is 2.26. The van der Waals surface area contributed by atoms with E-state index in [0.717, 1.165) is 10.0 Å². The minimum Gasteiger partial charge on any atom is -0.477 e. The van der Waals surface area contributed by atoms with Crippen LogP contribution in [0.3, 0.4) is 0 Å². The molecule has 1 aromatic heterocycles. The zero-order valence-electron chi connectivity index (χ0n) is 11.9. The number of amides is 1. The zero-order chi connectivity index (χ0) is 15.7. The standard InChI is InChI=1S/C15H15BrN2O3/c1-7-6-10(16)4-5-11(7)18-14(19)12-8(2)13(15(20)21)17-9(12)3/h4-6,17H,1-3H3,(H,18,19)(H,20,21). The van der Waals surface area contributed by atoms with Crippen molar-refractivity contribution in [3.63, 3.8) is 0 Å². The Morgan fingerprint density at radius 3 is 2.43 bits per heavy atom. The van der Waals surface area contributed by atoms with Crippen molar-refractivity contribution in [2.24, 2.45) is 0 Å². The van der Waals surface area contributed by atoms with Crippen LogP contribution in [-0.4, -0.2) is 22.0 Å². The van der Waals surface area contributed by atoms with E-state index >= 15 is 0 Å². The van der Waals surface area contributed by atoms with Crippen LogP contribution in [0.1, 0.15) is 37.7 Å². The number of benzene rings is 1. The molecule has 0 aliphatic rings. The van der Waals surface area contributed by atoms with Crippen LogP contribution in [-0.2, 0) is 0 Å². The molecule has 0 spiro atoms. The van der Waals surface area contributed by atoms with E-state index in [1.807, 2.05) is 19.1 Å². The van der Waals surface area contributed by atoms with Gasteiger partial charge in [0.05, 0.1) is 5.56 Å². The third kappa shape index (κ3) is 3.00. The number of aryl methyl sites for hydroxylation is 2. The Balaban J connectivity index is 2.35. The monoisotopic (exact) mass is 350 g/mol. The largest absolute Gasteiger partial charge is 0.477 e. The van der Waals surface area contributed by atoms with Gasteiger partial charge < -0.3 is 15.4 Å². The second-order valence-corrected chi connectivity index (χ2v) is 5.76. The van der Waals surface area contributed by atoms with Crippen molar-refractivity contribution >= 4 is 33.5 Å². The summed E-state index contributed by atoms with van der Waals surface area (Å²) in [5.74, 6) is -1.39. The van der Waals surface area contributed by atoms with Gasteiger partial charge in [0.2, 0.25) is 0 Å². The molecule has 0 unspecified atom stereocenters. The number of nitrogens with one attached hydrogen (secondary N) is 2. The van der Waals surface area contributed by atoms with Crippen LogP contribution in [0.25, 0.3) is 0 Å². The van der Waals surface area contributed by atoms with Crippen molar-refractivity contribution in [1.29, 1.82) is 0 Å². The summed E-state index contributed by atoms with van der Waals surface area (Å²) < 4.78 is 0.931. The number of anilines is 1. The fraction of sp³-hybridized carbons (Fsp3) is 0.200. The molecule has 1 amide bonds. The summed E-state index contributed by atoms with van der Waals surface area (Å²) in [7, 11) is 0. The Morgan fingerprint density at radius 1 is 1.24 bits per heavy atom. The van der Waals surface area contributed by atoms with Crippen molar-refractivity contribution in [1.82, 2.24) is 4.98 Å². The lowest BCUT2D eigenvalue weighted by Gasteiger charge is -2.09. The number of carboxylic acid groups (broad SMARTS) is 1. The molecule has 6 heteroatoms. The molecule has 0 bridgehead atoms. The highest BCUT2D eigenvalue weighted by Gasteiger charge is 2.21. The number of aromatic nitrogens is 1. The first-order valence-electron chi connectivity index (χ1n) is 6.31. The van der Waals surface area contributed by atoms with Crippen LogP contribution in [0.5, 0.6) is 0 Å². The van der Waals surface area contributed by atoms with Gasteiger partial charge in [-0.05, 0) is 50.1 Å². The summed E-state index contributed by atoms with van der Waals surface area (Å²) in [5.41, 5.74) is 3.01. The average Bonchev–Trinajstić information content (AvgIpc) is 2.68. The number of H-pyrrole nitrogens is 1. The van der Waals surface area contributed by atoms with Gasteiger partial charge in [0.1, 0.15) is 5.69 Å². The first kappa shape index (κ1) is 15.3. The molecule has 0 radical (unpaired) electrons. The third-order valence-electron chi connectivity index (χ3n) is 3.32. The molecule has 5 nitrogen and oxygen atoms in total. The molecule has 21 heavy (non-hydrogen) atoms. The number of carboxylic acids is 1. The van der Waals surface area contributed by atoms with E-state index < -0.39 is 5.97 Å². The highest BCUT2D eigenvalue weighted by molar-refractivity contribution is 9.10. The quantitative estimate of drug-likeness (QED) is 0.789. The van der Waals surface area contributed by atoms with Crippen LogP contribution in [0.15, 0.2) is 22.7 Å². The summed E-state index contributed by atoms with van der Waals surface area (Å²) in [6, 6.07) is 5.53. The maximum Gasteiger partial charge on any atom is 0.352 e. The van der Waals surface area contributed by atoms with Crippen LogP contribution in [0, 0.1) is 20.8 Å². The van der Waals surface area contributed by atoms with Gasteiger partial charge in [0.25, 0.3) is 5.91 Å². The molecule has 3 N–H and O–H groups in total. The van der Waals surface area contributed by atoms with Crippen molar-refractivity contribution in [3.8, 4) is 0 Å². The maximum absolute atomic E-state index is 12.4. The summed E-state index contributed by atoms with van der Waals surface area (Å²) >= 11 is 3.37. The number of hydrogen-bond donors (Lipinski definition) is 3. The number of aromatic amines is 1. The lowest BCUT2D eigenvalue weighted by Crippen LogP contribution is -2.14. The zero-order valence-corrected chi connectivity index (χ0v) is 13.5. The predicted octanol–water partition coefficient (Wildman–Crippen LogP) is 3.65. The normalized spacial score (nSPS) is 10.5. The molecule has 0 aliphatic heterocycles. The van der Waals surface area contributed by atoms with Gasteiger partial charge in [0.15, 0.2) is 0 Å². The molecular formula is C15H15BrN2O3. The number of rotatable bonds is 3. The molecule has 110 valence electrons. The molecule has 1 heterocycles. The SMILES string of the molecule is Cc1cc(Br)ccc1NC(=O)c1c(C)[nH]c(C(=O)O)c1C.